The van der Waals surface area contributed by atoms with Crippen molar-refractivity contribution in [3.63, 3.8) is 0 Å². The Labute approximate surface area is 139 Å². The maximum Gasteiger partial charge on any atom is 0.293 e. The van der Waals surface area contributed by atoms with Gasteiger partial charge in [0, 0.05) is 11.8 Å². The standard InChI is InChI=1S/C17H19N3O4/c1-4-24-15-6-5-12(9-11(15)3)19-17(21)13-7-10(2)8-14(16(13)18)20(22)23/h5-9H,4,18H2,1-3H3,(H,19,21). The van der Waals surface area contributed by atoms with Crippen LogP contribution in [0.25, 0.3) is 0 Å². The number of nitrogen functional groups attached to an aromatic ring is 1. The summed E-state index contributed by atoms with van der Waals surface area (Å²) in [6.07, 6.45) is 0. The molecule has 0 spiro atoms. The molecule has 1 amide bonds. The van der Waals surface area contributed by atoms with Crippen LogP contribution < -0.4 is 15.8 Å². The minimum absolute atomic E-state index is 0.0771. The van der Waals surface area contributed by atoms with Crippen molar-refractivity contribution < 1.29 is 14.5 Å². The molecule has 0 atom stereocenters. The molecule has 3 N–H and O–H groups in total. The Balaban J connectivity index is 2.30. The fourth-order valence-electron chi connectivity index (χ4n) is 2.36. The van der Waals surface area contributed by atoms with Gasteiger partial charge in [-0.25, -0.2) is 0 Å². The summed E-state index contributed by atoms with van der Waals surface area (Å²) in [6, 6.07) is 8.10. The van der Waals surface area contributed by atoms with E-state index in [1.807, 2.05) is 13.8 Å². The Hall–Kier alpha value is -3.09. The lowest BCUT2D eigenvalue weighted by Crippen LogP contribution is -2.15. The van der Waals surface area contributed by atoms with Crippen molar-refractivity contribution >= 4 is 23.0 Å². The minimum atomic E-state index is -0.597. The molecule has 126 valence electrons. The van der Waals surface area contributed by atoms with Crippen LogP contribution >= 0.6 is 0 Å². The number of hydrogen-bond acceptors (Lipinski definition) is 5. The third kappa shape index (κ3) is 3.62. The van der Waals surface area contributed by atoms with Crippen molar-refractivity contribution in [1.29, 1.82) is 0 Å². The number of nitrogens with zero attached hydrogens (tertiary/aromatic N) is 1. The van der Waals surface area contributed by atoms with E-state index in [0.717, 1.165) is 11.3 Å². The van der Waals surface area contributed by atoms with Gasteiger partial charge in [-0.1, -0.05) is 0 Å². The molecule has 0 unspecified atom stereocenters. The Morgan fingerprint density at radius 3 is 2.58 bits per heavy atom. The van der Waals surface area contributed by atoms with Gasteiger partial charge < -0.3 is 15.8 Å². The predicted molar refractivity (Wildman–Crippen MR) is 92.5 cm³/mol. The van der Waals surface area contributed by atoms with Crippen LogP contribution in [-0.4, -0.2) is 17.4 Å². The highest BCUT2D eigenvalue weighted by molar-refractivity contribution is 6.09. The highest BCUT2D eigenvalue weighted by atomic mass is 16.6. The van der Waals surface area contributed by atoms with E-state index in [-0.39, 0.29) is 16.9 Å². The minimum Gasteiger partial charge on any atom is -0.494 e. The van der Waals surface area contributed by atoms with Crippen LogP contribution in [0.3, 0.4) is 0 Å². The first-order valence-corrected chi connectivity index (χ1v) is 7.42. The number of nitro groups is 1. The molecule has 0 saturated carbocycles. The van der Waals surface area contributed by atoms with Crippen LogP contribution in [0, 0.1) is 24.0 Å². The normalized spacial score (nSPS) is 10.3. The van der Waals surface area contributed by atoms with E-state index >= 15 is 0 Å². The Morgan fingerprint density at radius 2 is 2.00 bits per heavy atom. The number of carbonyl (C=O) groups excluding carboxylic acids is 1. The monoisotopic (exact) mass is 329 g/mol. The molecular weight excluding hydrogens is 310 g/mol. The smallest absolute Gasteiger partial charge is 0.293 e. The molecule has 2 aromatic rings. The molecule has 0 aliphatic heterocycles. The van der Waals surface area contributed by atoms with E-state index < -0.39 is 10.8 Å². The molecule has 7 heteroatoms. The topological polar surface area (TPSA) is 107 Å². The molecule has 0 heterocycles. The zero-order chi connectivity index (χ0) is 17.9. The maximum atomic E-state index is 12.4. The highest BCUT2D eigenvalue weighted by Crippen LogP contribution is 2.28. The Bertz CT molecular complexity index is 803. The molecule has 24 heavy (non-hydrogen) atoms. The number of nitrogens with two attached hydrogens (primary N) is 1. The van der Waals surface area contributed by atoms with Gasteiger partial charge in [0.1, 0.15) is 11.4 Å². The van der Waals surface area contributed by atoms with Crippen LogP contribution in [0.4, 0.5) is 17.1 Å². The predicted octanol–water partition coefficient (Wildman–Crippen LogP) is 3.44. The lowest BCUT2D eigenvalue weighted by atomic mass is 10.1. The number of carbonyl (C=O) groups is 1. The number of benzene rings is 2. The molecule has 0 aromatic heterocycles. The fraction of sp³-hybridized carbons (Fsp3) is 0.235. The number of rotatable bonds is 5. The quantitative estimate of drug-likeness (QED) is 0.496. The molecule has 0 saturated heterocycles. The van der Waals surface area contributed by atoms with E-state index in [9.17, 15) is 14.9 Å². The molecule has 0 bridgehead atoms. The van der Waals surface area contributed by atoms with Crippen molar-refractivity contribution in [3.8, 4) is 5.75 Å². The fourth-order valence-corrected chi connectivity index (χ4v) is 2.36. The number of aryl methyl sites for hydroxylation is 2. The zero-order valence-corrected chi connectivity index (χ0v) is 13.8. The number of nitrogens with one attached hydrogen (secondary N) is 1. The summed E-state index contributed by atoms with van der Waals surface area (Å²) in [5.41, 5.74) is 7.45. The van der Waals surface area contributed by atoms with Gasteiger partial charge in [0.2, 0.25) is 0 Å². The van der Waals surface area contributed by atoms with Gasteiger partial charge in [-0.2, -0.15) is 0 Å². The number of amides is 1. The summed E-state index contributed by atoms with van der Waals surface area (Å²) in [6.45, 7) is 5.98. The molecule has 0 aliphatic rings. The third-order valence-corrected chi connectivity index (χ3v) is 3.48. The molecule has 0 aliphatic carbocycles. The molecular formula is C17H19N3O4. The summed E-state index contributed by atoms with van der Waals surface area (Å²) in [7, 11) is 0. The van der Waals surface area contributed by atoms with Gasteiger partial charge in [0.05, 0.1) is 17.1 Å². The van der Waals surface area contributed by atoms with Gasteiger partial charge in [-0.15, -0.1) is 0 Å². The molecule has 2 aromatic carbocycles. The SMILES string of the molecule is CCOc1ccc(NC(=O)c2cc(C)cc([N+](=O)[O-])c2N)cc1C. The van der Waals surface area contributed by atoms with E-state index in [1.165, 1.54) is 12.1 Å². The van der Waals surface area contributed by atoms with Gasteiger partial charge in [-0.05, 0) is 56.2 Å². The van der Waals surface area contributed by atoms with E-state index in [0.29, 0.717) is 17.9 Å². The molecule has 0 fully saturated rings. The van der Waals surface area contributed by atoms with E-state index in [1.54, 1.807) is 25.1 Å². The van der Waals surface area contributed by atoms with Crippen molar-refractivity contribution in [2.24, 2.45) is 0 Å². The number of ether oxygens (including phenoxy) is 1. The van der Waals surface area contributed by atoms with Crippen LogP contribution in [-0.2, 0) is 0 Å². The summed E-state index contributed by atoms with van der Waals surface area (Å²) >= 11 is 0. The number of nitro benzene ring substituents is 1. The second-order valence-corrected chi connectivity index (χ2v) is 5.37. The van der Waals surface area contributed by atoms with Gasteiger partial charge in [-0.3, -0.25) is 14.9 Å². The summed E-state index contributed by atoms with van der Waals surface area (Å²) in [5.74, 6) is 0.240. The average Bonchev–Trinajstić information content (AvgIpc) is 2.51. The Morgan fingerprint density at radius 1 is 1.29 bits per heavy atom. The van der Waals surface area contributed by atoms with Crippen LogP contribution in [0.1, 0.15) is 28.4 Å². The molecule has 0 radical (unpaired) electrons. The first-order valence-electron chi connectivity index (χ1n) is 7.42. The van der Waals surface area contributed by atoms with Gasteiger partial charge in [0.15, 0.2) is 0 Å². The average molecular weight is 329 g/mol. The second-order valence-electron chi connectivity index (χ2n) is 5.37. The third-order valence-electron chi connectivity index (χ3n) is 3.48. The van der Waals surface area contributed by atoms with Crippen LogP contribution in [0.15, 0.2) is 30.3 Å². The van der Waals surface area contributed by atoms with Crippen molar-refractivity contribution in [3.05, 3.63) is 57.1 Å². The maximum absolute atomic E-state index is 12.4. The lowest BCUT2D eigenvalue weighted by molar-refractivity contribution is -0.384. The summed E-state index contributed by atoms with van der Waals surface area (Å²) in [4.78, 5) is 22.9. The summed E-state index contributed by atoms with van der Waals surface area (Å²) in [5, 5.41) is 13.7. The summed E-state index contributed by atoms with van der Waals surface area (Å²) < 4.78 is 5.45. The second kappa shape index (κ2) is 6.99. The van der Waals surface area contributed by atoms with Crippen molar-refractivity contribution in [2.75, 3.05) is 17.7 Å². The van der Waals surface area contributed by atoms with Crippen molar-refractivity contribution in [1.82, 2.24) is 0 Å². The zero-order valence-electron chi connectivity index (χ0n) is 13.8. The van der Waals surface area contributed by atoms with Crippen LogP contribution in [0.5, 0.6) is 5.75 Å². The first kappa shape index (κ1) is 17.3. The van der Waals surface area contributed by atoms with Gasteiger partial charge in [0.25, 0.3) is 11.6 Å². The lowest BCUT2D eigenvalue weighted by Gasteiger charge is -2.11. The van der Waals surface area contributed by atoms with Crippen LogP contribution in [0.2, 0.25) is 0 Å². The Kier molecular flexibility index (Phi) is 5.03. The largest absolute Gasteiger partial charge is 0.494 e. The number of hydrogen-bond donors (Lipinski definition) is 2. The van der Waals surface area contributed by atoms with Crippen molar-refractivity contribution in [2.45, 2.75) is 20.8 Å². The molecule has 2 rings (SSSR count). The molecule has 7 nitrogen and oxygen atoms in total. The highest BCUT2D eigenvalue weighted by Gasteiger charge is 2.20. The number of anilines is 2. The van der Waals surface area contributed by atoms with E-state index in [4.69, 9.17) is 10.5 Å². The van der Waals surface area contributed by atoms with Gasteiger partial charge >= 0.3 is 0 Å². The van der Waals surface area contributed by atoms with E-state index in [2.05, 4.69) is 5.32 Å². The first-order chi connectivity index (χ1) is 11.3.